The van der Waals surface area contributed by atoms with Gasteiger partial charge in [-0.25, -0.2) is 9.97 Å². The maximum Gasteiger partial charge on any atom is 0.431 e. The highest BCUT2D eigenvalue weighted by atomic mass is 32.3. The molecule has 4 aromatic rings. The average molecular weight is 517 g/mol. The number of fused-ring (bicyclic) bond motifs is 1. The number of hydrogen-bond donors (Lipinski definition) is 1. The summed E-state index contributed by atoms with van der Waals surface area (Å²) in [4.78, 5) is 8.13. The van der Waals surface area contributed by atoms with Gasteiger partial charge in [-0.2, -0.15) is 34.8 Å². The molecular weight excluding hydrogens is 508 g/mol. The Morgan fingerprint density at radius 1 is 0.941 bits per heavy atom. The van der Waals surface area contributed by atoms with Gasteiger partial charge in [0, 0.05) is 5.56 Å². The minimum atomic E-state index is -4.84. The molecule has 0 bridgehead atoms. The monoisotopic (exact) mass is 517 g/mol. The van der Waals surface area contributed by atoms with E-state index in [9.17, 15) is 34.8 Å². The standard InChI is InChI=1S/C20H9F6N3O3S2/c21-19(22,23)12-3-1-11(2-4-12)15-9-16(20(24,25)26)29-10-27-14(18(29)28-15)7-5-13-6-8-17(33-13)34(30,31)32/h1-4,6,8-10H,(H,30,31,32). The summed E-state index contributed by atoms with van der Waals surface area (Å²) in [7, 11) is -4.44. The van der Waals surface area contributed by atoms with E-state index in [1.807, 2.05) is 0 Å². The molecule has 0 unspecified atom stereocenters. The van der Waals surface area contributed by atoms with Crippen molar-refractivity contribution in [1.29, 1.82) is 0 Å². The fourth-order valence-electron chi connectivity index (χ4n) is 2.90. The summed E-state index contributed by atoms with van der Waals surface area (Å²) in [5, 5.41) is 0. The lowest BCUT2D eigenvalue weighted by Gasteiger charge is -2.12. The van der Waals surface area contributed by atoms with Crippen molar-refractivity contribution in [1.82, 2.24) is 14.4 Å². The van der Waals surface area contributed by atoms with Gasteiger partial charge in [0.05, 0.1) is 16.1 Å². The smallest absolute Gasteiger partial charge is 0.281 e. The van der Waals surface area contributed by atoms with E-state index in [0.29, 0.717) is 21.8 Å². The number of thiophene rings is 1. The summed E-state index contributed by atoms with van der Waals surface area (Å²) in [5.74, 6) is 5.05. The number of benzene rings is 1. The topological polar surface area (TPSA) is 84.6 Å². The predicted octanol–water partition coefficient (Wildman–Crippen LogP) is 5.14. The van der Waals surface area contributed by atoms with E-state index < -0.39 is 33.7 Å². The Kier molecular flexibility index (Phi) is 5.67. The van der Waals surface area contributed by atoms with Gasteiger partial charge in [-0.3, -0.25) is 8.95 Å². The number of nitrogens with zero attached hydrogens (tertiary/aromatic N) is 3. The van der Waals surface area contributed by atoms with Crippen molar-refractivity contribution in [2.75, 3.05) is 0 Å². The fraction of sp³-hybridized carbons (Fsp3) is 0.100. The molecule has 0 fully saturated rings. The van der Waals surface area contributed by atoms with Gasteiger partial charge in [0.25, 0.3) is 0 Å². The Morgan fingerprint density at radius 3 is 2.18 bits per heavy atom. The van der Waals surface area contributed by atoms with Crippen LogP contribution < -0.4 is 0 Å². The summed E-state index contributed by atoms with van der Waals surface area (Å²) in [6.45, 7) is 0. The zero-order valence-corrected chi connectivity index (χ0v) is 17.9. The van der Waals surface area contributed by atoms with Crippen molar-refractivity contribution in [2.24, 2.45) is 0 Å². The third-order valence-corrected chi connectivity index (χ3v) is 6.76. The molecule has 176 valence electrons. The Balaban J connectivity index is 1.83. The van der Waals surface area contributed by atoms with Gasteiger partial charge in [-0.15, -0.1) is 11.3 Å². The highest BCUT2D eigenvalue weighted by Gasteiger charge is 2.35. The number of imidazole rings is 1. The van der Waals surface area contributed by atoms with Gasteiger partial charge in [0.1, 0.15) is 16.2 Å². The van der Waals surface area contributed by atoms with Crippen LogP contribution in [0, 0.1) is 11.8 Å². The third-order valence-electron chi connectivity index (χ3n) is 4.44. The first-order valence-electron chi connectivity index (χ1n) is 8.96. The van der Waals surface area contributed by atoms with Crippen molar-refractivity contribution in [3.05, 3.63) is 70.6 Å². The molecule has 3 heterocycles. The van der Waals surface area contributed by atoms with E-state index in [1.54, 1.807) is 0 Å². The van der Waals surface area contributed by atoms with Crippen LogP contribution in [-0.4, -0.2) is 27.3 Å². The molecule has 34 heavy (non-hydrogen) atoms. The molecule has 6 nitrogen and oxygen atoms in total. The second-order valence-electron chi connectivity index (χ2n) is 6.73. The Hall–Kier alpha value is -3.41. The molecule has 0 spiro atoms. The first-order valence-corrected chi connectivity index (χ1v) is 11.2. The quantitative estimate of drug-likeness (QED) is 0.226. The summed E-state index contributed by atoms with van der Waals surface area (Å²) in [5.41, 5.74) is -2.86. The number of rotatable bonds is 2. The van der Waals surface area contributed by atoms with Gasteiger partial charge < -0.3 is 0 Å². The van der Waals surface area contributed by atoms with Crippen molar-refractivity contribution in [3.8, 4) is 23.1 Å². The Bertz CT molecular complexity index is 1560. The highest BCUT2D eigenvalue weighted by Crippen LogP contribution is 2.34. The van der Waals surface area contributed by atoms with Crippen LogP contribution in [0.15, 0.2) is 53.0 Å². The largest absolute Gasteiger partial charge is 0.431 e. The lowest BCUT2D eigenvalue weighted by Crippen LogP contribution is -2.12. The molecule has 4 rings (SSSR count). The maximum absolute atomic E-state index is 13.7. The van der Waals surface area contributed by atoms with Crippen molar-refractivity contribution < 1.29 is 39.3 Å². The summed E-state index contributed by atoms with van der Waals surface area (Å²) in [6.07, 6.45) is -8.60. The SMILES string of the molecule is O=S(=O)(O)c1ccc(C#Cc2ncn3c(C(F)(F)F)cc(-c4ccc(C(F)(F)F)cc4)nc23)s1. The average Bonchev–Trinajstić information content (AvgIpc) is 3.37. The van der Waals surface area contributed by atoms with Gasteiger partial charge in [-0.05, 0) is 42.2 Å². The minimum absolute atomic E-state index is 0.0113. The number of halogens is 6. The summed E-state index contributed by atoms with van der Waals surface area (Å²) < 4.78 is 111. The molecule has 0 aliphatic heterocycles. The molecule has 0 saturated carbocycles. The van der Waals surface area contributed by atoms with Crippen LogP contribution in [0.2, 0.25) is 0 Å². The second kappa shape index (κ2) is 8.12. The van der Waals surface area contributed by atoms with Gasteiger partial charge >= 0.3 is 22.5 Å². The van der Waals surface area contributed by atoms with Crippen LogP contribution in [0.25, 0.3) is 16.9 Å². The van der Waals surface area contributed by atoms with E-state index in [1.165, 1.54) is 6.07 Å². The lowest BCUT2D eigenvalue weighted by molar-refractivity contribution is -0.142. The van der Waals surface area contributed by atoms with Crippen LogP contribution in [0.1, 0.15) is 21.8 Å². The third kappa shape index (κ3) is 4.76. The van der Waals surface area contributed by atoms with Gasteiger partial charge in [-0.1, -0.05) is 12.1 Å². The molecule has 0 saturated heterocycles. The van der Waals surface area contributed by atoms with Gasteiger partial charge in [0.15, 0.2) is 11.3 Å². The van der Waals surface area contributed by atoms with E-state index in [0.717, 1.165) is 36.7 Å². The van der Waals surface area contributed by atoms with Crippen LogP contribution >= 0.6 is 11.3 Å². The number of aromatic nitrogens is 3. The predicted molar refractivity (Wildman–Crippen MR) is 109 cm³/mol. The first-order chi connectivity index (χ1) is 15.7. The molecule has 0 radical (unpaired) electrons. The van der Waals surface area contributed by atoms with Gasteiger partial charge in [0.2, 0.25) is 0 Å². The molecule has 0 atom stereocenters. The molecule has 1 N–H and O–H groups in total. The zero-order chi connectivity index (χ0) is 24.9. The zero-order valence-electron chi connectivity index (χ0n) is 16.3. The lowest BCUT2D eigenvalue weighted by atomic mass is 10.1. The van der Waals surface area contributed by atoms with Crippen molar-refractivity contribution in [2.45, 2.75) is 16.6 Å². The molecule has 0 aliphatic carbocycles. The second-order valence-corrected chi connectivity index (χ2v) is 9.46. The minimum Gasteiger partial charge on any atom is -0.281 e. The van der Waals surface area contributed by atoms with E-state index >= 15 is 0 Å². The first kappa shape index (κ1) is 23.7. The number of alkyl halides is 6. The molecule has 0 amide bonds. The van der Waals surface area contributed by atoms with Crippen LogP contribution in [0.3, 0.4) is 0 Å². The molecule has 14 heteroatoms. The van der Waals surface area contributed by atoms with Crippen molar-refractivity contribution in [3.63, 3.8) is 0 Å². The highest BCUT2D eigenvalue weighted by molar-refractivity contribution is 7.88. The summed E-state index contributed by atoms with van der Waals surface area (Å²) in [6, 6.07) is 6.56. The Morgan fingerprint density at radius 2 is 1.62 bits per heavy atom. The Labute approximate surface area is 191 Å². The normalized spacial score (nSPS) is 12.6. The molecule has 0 aliphatic rings. The van der Waals surface area contributed by atoms with E-state index in [4.69, 9.17) is 4.55 Å². The van der Waals surface area contributed by atoms with Crippen LogP contribution in [0.5, 0.6) is 0 Å². The maximum atomic E-state index is 13.7. The van der Waals surface area contributed by atoms with Crippen molar-refractivity contribution >= 4 is 27.1 Å². The molecule has 1 aromatic carbocycles. The number of hydrogen-bond acceptors (Lipinski definition) is 5. The van der Waals surface area contributed by atoms with E-state index in [-0.39, 0.29) is 31.7 Å². The molecular formula is C20H9F6N3O3S2. The van der Waals surface area contributed by atoms with Crippen LogP contribution in [0.4, 0.5) is 26.3 Å². The fourth-order valence-corrected chi connectivity index (χ4v) is 4.42. The molecule has 3 aromatic heterocycles. The van der Waals surface area contributed by atoms with Crippen LogP contribution in [-0.2, 0) is 22.5 Å². The summed E-state index contributed by atoms with van der Waals surface area (Å²) >= 11 is 0.639. The van der Waals surface area contributed by atoms with E-state index in [2.05, 4.69) is 21.8 Å².